The molecule has 0 unspecified atom stereocenters. The smallest absolute Gasteiger partial charge is 0.309 e. The average molecular weight is 281 g/mol. The zero-order valence-electron chi connectivity index (χ0n) is 9.66. The van der Waals surface area contributed by atoms with E-state index in [1.807, 2.05) is 5.43 Å². The summed E-state index contributed by atoms with van der Waals surface area (Å²) in [6, 6.07) is 6.59. The molecule has 6 N–H and O–H groups in total. The van der Waals surface area contributed by atoms with Crippen molar-refractivity contribution in [1.29, 1.82) is 0 Å². The van der Waals surface area contributed by atoms with E-state index < -0.39 is 11.8 Å². The maximum atomic E-state index is 12.0. The highest BCUT2D eigenvalue weighted by molar-refractivity contribution is 6.30. The molecule has 0 aliphatic rings. The molecule has 0 spiro atoms. The van der Waals surface area contributed by atoms with Gasteiger partial charge in [0, 0.05) is 10.7 Å². The molecule has 1 aromatic carbocycles. The molecule has 19 heavy (non-hydrogen) atoms. The van der Waals surface area contributed by atoms with Crippen molar-refractivity contribution < 1.29 is 14.6 Å². The number of anilines is 1. The van der Waals surface area contributed by atoms with Gasteiger partial charge in [0.2, 0.25) is 17.7 Å². The molecule has 0 radical (unpaired) electrons. The molecule has 1 heterocycles. The van der Waals surface area contributed by atoms with E-state index in [0.29, 0.717) is 10.7 Å². The van der Waals surface area contributed by atoms with Crippen molar-refractivity contribution in [1.82, 2.24) is 10.4 Å². The summed E-state index contributed by atoms with van der Waals surface area (Å²) in [7, 11) is 0. The number of carbonyl (C=O) groups is 2. The third-order valence-corrected chi connectivity index (χ3v) is 2.62. The number of hydrazine groups is 1. The van der Waals surface area contributed by atoms with Gasteiger partial charge in [-0.1, -0.05) is 11.6 Å². The first-order chi connectivity index (χ1) is 9.11. The zero-order valence-corrected chi connectivity index (χ0v) is 10.4. The predicted octanol–water partition coefficient (Wildman–Crippen LogP) is 0.338. The van der Waals surface area contributed by atoms with Gasteiger partial charge in [-0.25, -0.2) is 15.8 Å². The van der Waals surface area contributed by atoms with Crippen LogP contribution in [0.15, 0.2) is 30.6 Å². The highest BCUT2D eigenvalue weighted by Gasteiger charge is 2.25. The summed E-state index contributed by atoms with van der Waals surface area (Å²) in [6.45, 7) is 0. The van der Waals surface area contributed by atoms with Crippen molar-refractivity contribution in [2.24, 2.45) is 5.84 Å². The van der Waals surface area contributed by atoms with Crippen molar-refractivity contribution in [2.45, 2.75) is 0 Å². The lowest BCUT2D eigenvalue weighted by Gasteiger charge is -2.02. The lowest BCUT2D eigenvalue weighted by molar-refractivity contribution is -0.379. The number of aromatic amines is 2. The Morgan fingerprint density at radius 1 is 1.21 bits per heavy atom. The normalized spacial score (nSPS) is 10.0. The van der Waals surface area contributed by atoms with Gasteiger partial charge in [0.1, 0.15) is 0 Å². The number of rotatable bonds is 3. The maximum Gasteiger partial charge on any atom is 0.309 e. The molecule has 0 atom stereocenters. The molecule has 8 heteroatoms. The van der Waals surface area contributed by atoms with Gasteiger partial charge < -0.3 is 5.32 Å². The van der Waals surface area contributed by atoms with Gasteiger partial charge in [-0.2, -0.15) is 0 Å². The standard InChI is InChI=1S/C11H10ClN5O2/c12-6-1-3-7(4-2-6)16-10(18)8-9(11(19)17-13)15-5-14-8/h1-5H,13H2,(H,14,15)(H,16,18)(H,17,19)/p+1. The fraction of sp³-hybridized carbons (Fsp3) is 0. The Kier molecular flexibility index (Phi) is 3.79. The van der Waals surface area contributed by atoms with Gasteiger partial charge in [0.05, 0.1) is 0 Å². The SMILES string of the molecule is NNC(=O)c1[nH+]c[nH]c1C(=O)Nc1ccc(Cl)cc1. The summed E-state index contributed by atoms with van der Waals surface area (Å²) in [4.78, 5) is 28.6. The zero-order chi connectivity index (χ0) is 13.8. The van der Waals surface area contributed by atoms with Crippen LogP contribution in [0.4, 0.5) is 5.69 Å². The van der Waals surface area contributed by atoms with Crippen LogP contribution in [-0.2, 0) is 0 Å². The van der Waals surface area contributed by atoms with Gasteiger partial charge in [0.25, 0.3) is 5.91 Å². The molecule has 0 saturated heterocycles. The summed E-state index contributed by atoms with van der Waals surface area (Å²) in [5.41, 5.74) is 2.64. The summed E-state index contributed by atoms with van der Waals surface area (Å²) in [5, 5.41) is 3.19. The first-order valence-electron chi connectivity index (χ1n) is 5.28. The molecule has 7 nitrogen and oxygen atoms in total. The van der Waals surface area contributed by atoms with Crippen LogP contribution >= 0.6 is 11.6 Å². The Hall–Kier alpha value is -2.38. The van der Waals surface area contributed by atoms with Crippen molar-refractivity contribution in [3.8, 4) is 0 Å². The molecule has 0 aliphatic heterocycles. The monoisotopic (exact) mass is 280 g/mol. The van der Waals surface area contributed by atoms with Crippen LogP contribution in [0.1, 0.15) is 21.0 Å². The number of nitrogens with two attached hydrogens (primary N) is 1. The third kappa shape index (κ3) is 2.90. The van der Waals surface area contributed by atoms with E-state index in [1.165, 1.54) is 6.33 Å². The first-order valence-corrected chi connectivity index (χ1v) is 5.66. The topological polar surface area (TPSA) is 114 Å². The van der Waals surface area contributed by atoms with Gasteiger partial charge in [-0.15, -0.1) is 0 Å². The second kappa shape index (κ2) is 5.51. The van der Waals surface area contributed by atoms with E-state index in [0.717, 1.165) is 0 Å². The number of halogens is 1. The summed E-state index contributed by atoms with van der Waals surface area (Å²) in [6.07, 6.45) is 1.36. The lowest BCUT2D eigenvalue weighted by Crippen LogP contribution is -2.35. The molecule has 0 aliphatic carbocycles. The Bertz CT molecular complexity index is 608. The van der Waals surface area contributed by atoms with Crippen molar-refractivity contribution in [2.75, 3.05) is 5.32 Å². The maximum absolute atomic E-state index is 12.0. The molecule has 1 aromatic heterocycles. The van der Waals surface area contributed by atoms with Crippen LogP contribution in [-0.4, -0.2) is 16.8 Å². The molecule has 2 aromatic rings. The number of aromatic nitrogens is 2. The Balaban J connectivity index is 2.18. The highest BCUT2D eigenvalue weighted by Crippen LogP contribution is 2.14. The molecule has 0 fully saturated rings. The molecule has 98 valence electrons. The van der Waals surface area contributed by atoms with Crippen LogP contribution in [0, 0.1) is 0 Å². The van der Waals surface area contributed by atoms with Crippen molar-refractivity contribution in [3.05, 3.63) is 47.0 Å². The van der Waals surface area contributed by atoms with Gasteiger partial charge in [0.15, 0.2) is 0 Å². The number of amides is 2. The quantitative estimate of drug-likeness (QED) is 0.369. The molecule has 0 saturated carbocycles. The lowest BCUT2D eigenvalue weighted by atomic mass is 10.2. The van der Waals surface area contributed by atoms with Gasteiger partial charge in [-0.3, -0.25) is 15.0 Å². The minimum atomic E-state index is -0.595. The van der Waals surface area contributed by atoms with E-state index in [-0.39, 0.29) is 11.4 Å². The van der Waals surface area contributed by atoms with E-state index in [1.54, 1.807) is 24.3 Å². The van der Waals surface area contributed by atoms with Crippen LogP contribution in [0.2, 0.25) is 5.02 Å². The highest BCUT2D eigenvalue weighted by atomic mass is 35.5. The fourth-order valence-corrected chi connectivity index (χ4v) is 1.61. The third-order valence-electron chi connectivity index (χ3n) is 2.37. The Labute approximate surface area is 113 Å². The minimum Gasteiger partial charge on any atom is -0.319 e. The molecule has 2 rings (SSSR count). The molecule has 0 bridgehead atoms. The molecular formula is C11H11ClN5O2+. The summed E-state index contributed by atoms with van der Waals surface area (Å²) >= 11 is 5.74. The Morgan fingerprint density at radius 2 is 1.89 bits per heavy atom. The van der Waals surface area contributed by atoms with E-state index in [9.17, 15) is 9.59 Å². The number of hydrogen-bond donors (Lipinski definition) is 4. The predicted molar refractivity (Wildman–Crippen MR) is 68.4 cm³/mol. The minimum absolute atomic E-state index is 0.0500. The number of nitrogen functional groups attached to an aromatic ring is 1. The second-order valence-corrected chi connectivity index (χ2v) is 4.05. The van der Waals surface area contributed by atoms with E-state index in [4.69, 9.17) is 17.4 Å². The number of nitrogens with one attached hydrogen (secondary N) is 4. The average Bonchev–Trinajstić information content (AvgIpc) is 2.90. The number of H-pyrrole nitrogens is 2. The number of carbonyl (C=O) groups excluding carboxylic acids is 2. The van der Waals surface area contributed by atoms with Crippen molar-refractivity contribution in [3.63, 3.8) is 0 Å². The fourth-order valence-electron chi connectivity index (χ4n) is 1.48. The van der Waals surface area contributed by atoms with E-state index in [2.05, 4.69) is 15.3 Å². The van der Waals surface area contributed by atoms with Crippen LogP contribution in [0.25, 0.3) is 0 Å². The number of benzene rings is 1. The van der Waals surface area contributed by atoms with Crippen molar-refractivity contribution >= 4 is 29.1 Å². The van der Waals surface area contributed by atoms with Crippen LogP contribution in [0.5, 0.6) is 0 Å². The van der Waals surface area contributed by atoms with Gasteiger partial charge >= 0.3 is 5.91 Å². The van der Waals surface area contributed by atoms with Gasteiger partial charge in [-0.05, 0) is 24.3 Å². The second-order valence-electron chi connectivity index (χ2n) is 3.62. The summed E-state index contributed by atoms with van der Waals surface area (Å²) < 4.78 is 0. The number of imidazole rings is 1. The number of hydrogen-bond acceptors (Lipinski definition) is 3. The largest absolute Gasteiger partial charge is 0.319 e. The first kappa shape index (κ1) is 13.1. The Morgan fingerprint density at radius 3 is 2.53 bits per heavy atom. The molecule has 2 amide bonds. The van der Waals surface area contributed by atoms with E-state index >= 15 is 0 Å². The van der Waals surface area contributed by atoms with Crippen LogP contribution in [0.3, 0.4) is 0 Å². The summed E-state index contributed by atoms with van der Waals surface area (Å²) in [5.74, 6) is 3.96. The molecular weight excluding hydrogens is 270 g/mol. The van der Waals surface area contributed by atoms with Crippen LogP contribution < -0.4 is 21.6 Å².